The minimum Gasteiger partial charge on any atom is -0.338 e. The number of benzene rings is 1. The molecule has 0 atom stereocenters. The molecule has 0 aliphatic heterocycles. The molecular formula is C17H14N6O. The second-order valence-corrected chi connectivity index (χ2v) is 5.59. The number of aromatic amines is 1. The minimum absolute atomic E-state index is 0.271. The molecule has 0 unspecified atom stereocenters. The van der Waals surface area contributed by atoms with Crippen LogP contribution in [0.1, 0.15) is 18.2 Å². The number of aryl methyl sites for hydroxylation is 2. The number of aromatic nitrogens is 5. The Balaban J connectivity index is 1.96. The number of nitrogens with zero attached hydrogens (tertiary/aromatic N) is 5. The van der Waals surface area contributed by atoms with Crippen molar-refractivity contribution in [1.82, 2.24) is 24.4 Å². The van der Waals surface area contributed by atoms with Crippen molar-refractivity contribution in [2.45, 2.75) is 20.4 Å². The van der Waals surface area contributed by atoms with E-state index in [1.54, 1.807) is 6.92 Å². The Morgan fingerprint density at radius 3 is 2.92 bits per heavy atom. The van der Waals surface area contributed by atoms with Gasteiger partial charge in [-0.2, -0.15) is 20.0 Å². The molecule has 0 saturated carbocycles. The molecule has 0 amide bonds. The fourth-order valence-electron chi connectivity index (χ4n) is 2.95. The number of rotatable bonds is 2. The maximum Gasteiger partial charge on any atom is 0.274 e. The summed E-state index contributed by atoms with van der Waals surface area (Å²) in [6.07, 6.45) is 1.81. The number of H-pyrrole nitrogens is 1. The summed E-state index contributed by atoms with van der Waals surface area (Å²) in [5.41, 5.74) is 3.61. The quantitative estimate of drug-likeness (QED) is 0.613. The van der Waals surface area contributed by atoms with Gasteiger partial charge in [-0.05, 0) is 31.5 Å². The van der Waals surface area contributed by atoms with Gasteiger partial charge in [-0.1, -0.05) is 6.07 Å². The Bertz CT molecular complexity index is 1190. The number of nitriles is 1. The van der Waals surface area contributed by atoms with E-state index in [4.69, 9.17) is 0 Å². The molecule has 4 aromatic rings. The molecule has 4 rings (SSSR count). The van der Waals surface area contributed by atoms with Crippen LogP contribution in [0.25, 0.3) is 27.8 Å². The third-order valence-corrected chi connectivity index (χ3v) is 4.15. The Morgan fingerprint density at radius 2 is 2.17 bits per heavy atom. The zero-order valence-electron chi connectivity index (χ0n) is 13.2. The minimum atomic E-state index is -0.271. The molecule has 0 aliphatic carbocycles. The van der Waals surface area contributed by atoms with Gasteiger partial charge in [0, 0.05) is 18.0 Å². The number of nitrogens with one attached hydrogen (secondary N) is 1. The van der Waals surface area contributed by atoms with Crippen LogP contribution < -0.4 is 5.56 Å². The van der Waals surface area contributed by atoms with Gasteiger partial charge < -0.3 is 4.98 Å². The van der Waals surface area contributed by atoms with E-state index >= 15 is 0 Å². The van der Waals surface area contributed by atoms with E-state index in [1.807, 2.05) is 36.0 Å². The summed E-state index contributed by atoms with van der Waals surface area (Å²) in [5.74, 6) is 0. The van der Waals surface area contributed by atoms with Crippen molar-refractivity contribution >= 4 is 16.6 Å². The first-order valence-electron chi connectivity index (χ1n) is 7.61. The van der Waals surface area contributed by atoms with E-state index in [2.05, 4.69) is 21.3 Å². The lowest BCUT2D eigenvalue weighted by molar-refractivity contribution is 0.684. The lowest BCUT2D eigenvalue weighted by Gasteiger charge is -2.04. The molecule has 0 aliphatic rings. The molecule has 1 aromatic carbocycles. The van der Waals surface area contributed by atoms with Crippen LogP contribution in [0, 0.1) is 18.3 Å². The predicted molar refractivity (Wildman–Crippen MR) is 89.7 cm³/mol. The van der Waals surface area contributed by atoms with Gasteiger partial charge in [0.15, 0.2) is 5.65 Å². The van der Waals surface area contributed by atoms with E-state index in [0.717, 1.165) is 23.0 Å². The summed E-state index contributed by atoms with van der Waals surface area (Å²) >= 11 is 0. The monoisotopic (exact) mass is 318 g/mol. The van der Waals surface area contributed by atoms with Crippen molar-refractivity contribution in [1.29, 1.82) is 5.26 Å². The van der Waals surface area contributed by atoms with E-state index in [1.165, 1.54) is 10.6 Å². The van der Waals surface area contributed by atoms with Crippen LogP contribution in [0.3, 0.4) is 0 Å². The van der Waals surface area contributed by atoms with Crippen molar-refractivity contribution in [2.24, 2.45) is 0 Å². The summed E-state index contributed by atoms with van der Waals surface area (Å²) in [6, 6.07) is 9.49. The molecular weight excluding hydrogens is 304 g/mol. The molecule has 7 heteroatoms. The zero-order chi connectivity index (χ0) is 16.8. The molecule has 24 heavy (non-hydrogen) atoms. The lowest BCUT2D eigenvalue weighted by atomic mass is 10.1. The Labute approximate surface area is 136 Å². The third-order valence-electron chi connectivity index (χ3n) is 4.15. The average Bonchev–Trinajstić information content (AvgIpc) is 3.14. The van der Waals surface area contributed by atoms with Gasteiger partial charge in [-0.25, -0.2) is 0 Å². The lowest BCUT2D eigenvalue weighted by Crippen LogP contribution is -2.14. The van der Waals surface area contributed by atoms with Gasteiger partial charge in [-0.15, -0.1) is 0 Å². The van der Waals surface area contributed by atoms with Crippen LogP contribution in [0.15, 0.2) is 35.3 Å². The van der Waals surface area contributed by atoms with E-state index in [9.17, 15) is 10.1 Å². The fourth-order valence-corrected chi connectivity index (χ4v) is 2.95. The zero-order valence-corrected chi connectivity index (χ0v) is 13.2. The van der Waals surface area contributed by atoms with Crippen LogP contribution in [-0.2, 0) is 6.54 Å². The van der Waals surface area contributed by atoms with Gasteiger partial charge in [-0.3, -0.25) is 9.48 Å². The van der Waals surface area contributed by atoms with Crippen molar-refractivity contribution in [3.05, 3.63) is 52.1 Å². The fraction of sp³-hybridized carbons (Fsp3) is 0.176. The molecule has 3 heterocycles. The van der Waals surface area contributed by atoms with E-state index in [-0.39, 0.29) is 5.56 Å². The average molecular weight is 318 g/mol. The maximum atomic E-state index is 12.3. The Kier molecular flexibility index (Phi) is 3.00. The van der Waals surface area contributed by atoms with Gasteiger partial charge in [0.25, 0.3) is 5.56 Å². The first kappa shape index (κ1) is 14.2. The van der Waals surface area contributed by atoms with Crippen molar-refractivity contribution in [3.8, 4) is 17.3 Å². The van der Waals surface area contributed by atoms with Crippen LogP contribution in [-0.4, -0.2) is 24.4 Å². The highest BCUT2D eigenvalue weighted by molar-refractivity contribution is 5.84. The van der Waals surface area contributed by atoms with Gasteiger partial charge >= 0.3 is 0 Å². The first-order valence-corrected chi connectivity index (χ1v) is 7.61. The second-order valence-electron chi connectivity index (χ2n) is 5.59. The molecule has 0 saturated heterocycles. The smallest absolute Gasteiger partial charge is 0.274 e. The van der Waals surface area contributed by atoms with Gasteiger partial charge in [0.05, 0.1) is 23.1 Å². The molecule has 0 spiro atoms. The molecule has 1 N–H and O–H groups in total. The van der Waals surface area contributed by atoms with E-state index in [0.29, 0.717) is 22.6 Å². The van der Waals surface area contributed by atoms with Crippen molar-refractivity contribution < 1.29 is 0 Å². The number of hydrogen-bond donors (Lipinski definition) is 1. The molecule has 0 fully saturated rings. The molecule has 0 bridgehead atoms. The number of hydrogen-bond acceptors (Lipinski definition) is 4. The maximum absolute atomic E-state index is 12.3. The Hall–Kier alpha value is -3.40. The second kappa shape index (κ2) is 5.06. The molecule has 0 radical (unpaired) electrons. The van der Waals surface area contributed by atoms with E-state index < -0.39 is 0 Å². The van der Waals surface area contributed by atoms with Crippen molar-refractivity contribution in [3.63, 3.8) is 0 Å². The van der Waals surface area contributed by atoms with Crippen LogP contribution in [0.4, 0.5) is 0 Å². The summed E-state index contributed by atoms with van der Waals surface area (Å²) < 4.78 is 3.14. The van der Waals surface area contributed by atoms with Crippen LogP contribution >= 0.6 is 0 Å². The molecule has 3 aromatic heterocycles. The van der Waals surface area contributed by atoms with Gasteiger partial charge in [0.1, 0.15) is 11.6 Å². The van der Waals surface area contributed by atoms with Gasteiger partial charge in [0.2, 0.25) is 0 Å². The highest BCUT2D eigenvalue weighted by atomic mass is 16.1. The highest BCUT2D eigenvalue weighted by Crippen LogP contribution is 2.23. The van der Waals surface area contributed by atoms with Crippen LogP contribution in [0.5, 0.6) is 0 Å². The van der Waals surface area contributed by atoms with Crippen molar-refractivity contribution in [2.75, 3.05) is 0 Å². The third kappa shape index (κ3) is 1.93. The summed E-state index contributed by atoms with van der Waals surface area (Å²) in [5, 5.41) is 18.7. The summed E-state index contributed by atoms with van der Waals surface area (Å²) in [6.45, 7) is 4.55. The first-order chi connectivity index (χ1) is 11.6. The molecule has 7 nitrogen and oxygen atoms in total. The molecule has 118 valence electrons. The van der Waals surface area contributed by atoms with Crippen LogP contribution in [0.2, 0.25) is 0 Å². The SMILES string of the molecule is CCn1ncc2cc(-c3cc(=O)n4nc(C)c(C#N)c4[nH]3)ccc21. The topological polar surface area (TPSA) is 91.8 Å². The standard InChI is InChI=1S/C17H14N6O/c1-3-22-15-5-4-11(6-12(15)9-19-22)14-7-16(24)23-17(20-14)13(8-18)10(2)21-23/h4-7,9,20H,3H2,1-2H3. The normalized spacial score (nSPS) is 11.2. The Morgan fingerprint density at radius 1 is 1.33 bits per heavy atom. The summed E-state index contributed by atoms with van der Waals surface area (Å²) in [4.78, 5) is 15.5. The largest absolute Gasteiger partial charge is 0.338 e. The predicted octanol–water partition coefficient (Wildman–Crippen LogP) is 2.24. The number of fused-ring (bicyclic) bond motifs is 2. The summed E-state index contributed by atoms with van der Waals surface area (Å²) in [7, 11) is 0. The highest BCUT2D eigenvalue weighted by Gasteiger charge is 2.13.